The molecule has 116 valence electrons. The molecule has 1 saturated heterocycles. The van der Waals surface area contributed by atoms with Gasteiger partial charge in [-0.1, -0.05) is 34.0 Å². The third-order valence-corrected chi connectivity index (χ3v) is 5.62. The maximum Gasteiger partial charge on any atom is 0.0454 e. The largest absolute Gasteiger partial charge is 0.314 e. The fraction of sp³-hybridized carbons (Fsp3) is 0.647. The van der Waals surface area contributed by atoms with Gasteiger partial charge in [0.05, 0.1) is 0 Å². The van der Waals surface area contributed by atoms with Crippen molar-refractivity contribution in [2.75, 3.05) is 20.1 Å². The van der Waals surface area contributed by atoms with E-state index in [0.29, 0.717) is 12.0 Å². The summed E-state index contributed by atoms with van der Waals surface area (Å²) < 4.78 is 1.12. The van der Waals surface area contributed by atoms with Crippen LogP contribution in [-0.4, -0.2) is 31.1 Å². The third-order valence-electron chi connectivity index (χ3n) is 4.78. The summed E-state index contributed by atoms with van der Waals surface area (Å²) in [7, 11) is 2.25. The van der Waals surface area contributed by atoms with Gasteiger partial charge in [-0.2, -0.15) is 0 Å². The van der Waals surface area contributed by atoms with Gasteiger partial charge in [-0.05, 0) is 69.0 Å². The molecular weight excluding hydrogens is 348 g/mol. The van der Waals surface area contributed by atoms with Crippen LogP contribution in [-0.2, 0) is 0 Å². The molecule has 2 atom stereocenters. The van der Waals surface area contributed by atoms with Gasteiger partial charge in [0.25, 0.3) is 0 Å². The molecule has 0 bridgehead atoms. The minimum Gasteiger partial charge on any atom is -0.314 e. The van der Waals surface area contributed by atoms with Gasteiger partial charge < -0.3 is 5.32 Å². The maximum absolute atomic E-state index is 6.52. The Bertz CT molecular complexity index is 490. The summed E-state index contributed by atoms with van der Waals surface area (Å²) in [6.45, 7) is 2.27. The zero-order valence-corrected chi connectivity index (χ0v) is 15.0. The van der Waals surface area contributed by atoms with Gasteiger partial charge in [-0.15, -0.1) is 0 Å². The zero-order chi connectivity index (χ0) is 14.8. The summed E-state index contributed by atoms with van der Waals surface area (Å²) in [5.74, 6) is 0.643. The predicted octanol–water partition coefficient (Wildman–Crippen LogP) is 4.63. The molecule has 1 N–H and O–H groups in total. The number of halogens is 2. The molecule has 0 aromatic heterocycles. The summed E-state index contributed by atoms with van der Waals surface area (Å²) in [5.41, 5.74) is 1.28. The second kappa shape index (κ2) is 6.99. The molecule has 2 unspecified atom stereocenters. The Hall–Kier alpha value is -0.0900. The average Bonchev–Trinajstić information content (AvgIpc) is 3.28. The van der Waals surface area contributed by atoms with Crippen LogP contribution >= 0.6 is 27.5 Å². The number of nitrogens with zero attached hydrogens (tertiary/aromatic N) is 1. The van der Waals surface area contributed by atoms with E-state index in [-0.39, 0.29) is 0 Å². The highest BCUT2D eigenvalue weighted by Gasteiger charge is 2.32. The molecule has 1 aromatic rings. The number of hydrogen-bond donors (Lipinski definition) is 1. The lowest BCUT2D eigenvalue weighted by Crippen LogP contribution is -2.35. The fourth-order valence-electron chi connectivity index (χ4n) is 3.48. The highest BCUT2D eigenvalue weighted by atomic mass is 79.9. The van der Waals surface area contributed by atoms with Crippen molar-refractivity contribution in [1.29, 1.82) is 0 Å². The van der Waals surface area contributed by atoms with Gasteiger partial charge >= 0.3 is 0 Å². The molecule has 2 fully saturated rings. The van der Waals surface area contributed by atoms with E-state index in [4.69, 9.17) is 11.6 Å². The van der Waals surface area contributed by atoms with Crippen molar-refractivity contribution in [2.24, 2.45) is 5.92 Å². The minimum atomic E-state index is 0.420. The van der Waals surface area contributed by atoms with Gasteiger partial charge in [0.15, 0.2) is 0 Å². The van der Waals surface area contributed by atoms with E-state index in [1.165, 1.54) is 37.7 Å². The van der Waals surface area contributed by atoms with Gasteiger partial charge in [0, 0.05) is 28.1 Å². The van der Waals surface area contributed by atoms with E-state index in [9.17, 15) is 0 Å². The first-order valence-corrected chi connectivity index (χ1v) is 9.21. The molecule has 3 rings (SSSR count). The third kappa shape index (κ3) is 4.01. The van der Waals surface area contributed by atoms with Crippen LogP contribution in [0.25, 0.3) is 0 Å². The second-order valence-electron chi connectivity index (χ2n) is 6.53. The van der Waals surface area contributed by atoms with Crippen molar-refractivity contribution >= 4 is 27.5 Å². The van der Waals surface area contributed by atoms with Crippen LogP contribution in [0.1, 0.15) is 43.7 Å². The number of nitrogens with one attached hydrogen (secondary N) is 1. The molecule has 1 aliphatic heterocycles. The first-order chi connectivity index (χ1) is 10.1. The number of benzene rings is 1. The number of likely N-dealkylation sites (tertiary alicyclic amines) is 1. The van der Waals surface area contributed by atoms with Crippen LogP contribution < -0.4 is 5.32 Å². The van der Waals surface area contributed by atoms with E-state index in [2.05, 4.69) is 39.3 Å². The molecule has 1 saturated carbocycles. The van der Waals surface area contributed by atoms with Crippen molar-refractivity contribution in [3.05, 3.63) is 33.3 Å². The predicted molar refractivity (Wildman–Crippen MR) is 92.9 cm³/mol. The molecular formula is C17H24BrClN2. The molecule has 0 amide bonds. The molecule has 1 heterocycles. The van der Waals surface area contributed by atoms with Gasteiger partial charge in [-0.25, -0.2) is 0 Å². The topological polar surface area (TPSA) is 15.3 Å². The van der Waals surface area contributed by atoms with Crippen molar-refractivity contribution in [3.8, 4) is 0 Å². The zero-order valence-electron chi connectivity index (χ0n) is 12.6. The Labute approximate surface area is 141 Å². The van der Waals surface area contributed by atoms with E-state index in [0.717, 1.165) is 28.6 Å². The lowest BCUT2D eigenvalue weighted by molar-refractivity contribution is 0.189. The molecule has 0 radical (unpaired) electrons. The monoisotopic (exact) mass is 370 g/mol. The lowest BCUT2D eigenvalue weighted by Gasteiger charge is -2.33. The molecule has 2 aliphatic rings. The minimum absolute atomic E-state index is 0.420. The van der Waals surface area contributed by atoms with Crippen LogP contribution in [0.15, 0.2) is 22.7 Å². The maximum atomic E-state index is 6.52. The Morgan fingerprint density at radius 2 is 2.10 bits per heavy atom. The average molecular weight is 372 g/mol. The quantitative estimate of drug-likeness (QED) is 0.830. The first kappa shape index (κ1) is 15.8. The summed E-state index contributed by atoms with van der Waals surface area (Å²) in [5, 5.41) is 4.62. The lowest BCUT2D eigenvalue weighted by atomic mass is 9.89. The SMILES string of the molecule is CN1CCCCC(CNC2CC2)C1c1cc(Br)ccc1Cl. The standard InChI is InChI=1S/C17H24BrClN2/c1-21-9-3-2-4-12(11-20-14-6-7-14)17(21)15-10-13(18)5-8-16(15)19/h5,8,10,12,14,17,20H,2-4,6-7,9,11H2,1H3. The Morgan fingerprint density at radius 3 is 2.86 bits per heavy atom. The highest BCUT2D eigenvalue weighted by Crippen LogP contribution is 2.38. The van der Waals surface area contributed by atoms with E-state index in [1.807, 2.05) is 12.1 Å². The summed E-state index contributed by atoms with van der Waals surface area (Å²) in [6.07, 6.45) is 6.61. The second-order valence-corrected chi connectivity index (χ2v) is 7.85. The summed E-state index contributed by atoms with van der Waals surface area (Å²) >= 11 is 10.1. The normalized spacial score (nSPS) is 27.6. The summed E-state index contributed by atoms with van der Waals surface area (Å²) in [6, 6.07) is 7.45. The van der Waals surface area contributed by atoms with Crippen molar-refractivity contribution < 1.29 is 0 Å². The van der Waals surface area contributed by atoms with Crippen LogP contribution in [0, 0.1) is 5.92 Å². The first-order valence-electron chi connectivity index (χ1n) is 8.03. The number of rotatable bonds is 4. The van der Waals surface area contributed by atoms with Gasteiger partial charge in [0.2, 0.25) is 0 Å². The fourth-order valence-corrected chi connectivity index (χ4v) is 4.08. The number of hydrogen-bond acceptors (Lipinski definition) is 2. The summed E-state index contributed by atoms with van der Waals surface area (Å²) in [4.78, 5) is 2.50. The van der Waals surface area contributed by atoms with Crippen LogP contribution in [0.2, 0.25) is 5.02 Å². The van der Waals surface area contributed by atoms with E-state index >= 15 is 0 Å². The molecule has 2 nitrogen and oxygen atoms in total. The molecule has 1 aliphatic carbocycles. The van der Waals surface area contributed by atoms with Crippen LogP contribution in [0.5, 0.6) is 0 Å². The van der Waals surface area contributed by atoms with E-state index < -0.39 is 0 Å². The van der Waals surface area contributed by atoms with Crippen molar-refractivity contribution in [3.63, 3.8) is 0 Å². The highest BCUT2D eigenvalue weighted by molar-refractivity contribution is 9.10. The molecule has 1 aromatic carbocycles. The Morgan fingerprint density at radius 1 is 1.29 bits per heavy atom. The molecule has 0 spiro atoms. The smallest absolute Gasteiger partial charge is 0.0454 e. The Kier molecular flexibility index (Phi) is 5.26. The Balaban J connectivity index is 1.85. The van der Waals surface area contributed by atoms with Crippen molar-refractivity contribution in [1.82, 2.24) is 10.2 Å². The van der Waals surface area contributed by atoms with Crippen LogP contribution in [0.4, 0.5) is 0 Å². The van der Waals surface area contributed by atoms with Crippen LogP contribution in [0.3, 0.4) is 0 Å². The van der Waals surface area contributed by atoms with Gasteiger partial charge in [-0.3, -0.25) is 4.90 Å². The molecule has 21 heavy (non-hydrogen) atoms. The molecule has 4 heteroatoms. The van der Waals surface area contributed by atoms with Gasteiger partial charge in [0.1, 0.15) is 0 Å². The van der Waals surface area contributed by atoms with E-state index in [1.54, 1.807) is 0 Å². The van der Waals surface area contributed by atoms with Crippen molar-refractivity contribution in [2.45, 2.75) is 44.2 Å².